The summed E-state index contributed by atoms with van der Waals surface area (Å²) < 4.78 is 0. The van der Waals surface area contributed by atoms with Gasteiger partial charge >= 0.3 is 6.03 Å². The molecule has 1 aliphatic heterocycles. The summed E-state index contributed by atoms with van der Waals surface area (Å²) >= 11 is 5.95. The molecule has 30 heavy (non-hydrogen) atoms. The van der Waals surface area contributed by atoms with E-state index in [-0.39, 0.29) is 10.6 Å². The van der Waals surface area contributed by atoms with Gasteiger partial charge in [0.25, 0.3) is 5.91 Å². The number of hydrogen-bond donors (Lipinski definition) is 3. The van der Waals surface area contributed by atoms with Gasteiger partial charge in [-0.25, -0.2) is 4.79 Å². The van der Waals surface area contributed by atoms with Crippen LogP contribution in [0.5, 0.6) is 0 Å². The topological polar surface area (TPSA) is 118 Å². The van der Waals surface area contributed by atoms with Gasteiger partial charge in [-0.15, -0.1) is 0 Å². The van der Waals surface area contributed by atoms with Crippen LogP contribution in [0, 0.1) is 11.3 Å². The first-order valence-electron chi connectivity index (χ1n) is 9.12. The highest BCUT2D eigenvalue weighted by molar-refractivity contribution is 6.32. The summed E-state index contributed by atoms with van der Waals surface area (Å²) in [6.07, 6.45) is 2.13. The van der Waals surface area contributed by atoms with Crippen molar-refractivity contribution < 1.29 is 14.4 Å². The minimum atomic E-state index is -0.742. The van der Waals surface area contributed by atoms with Crippen molar-refractivity contribution in [2.24, 2.45) is 0 Å². The van der Waals surface area contributed by atoms with Crippen LogP contribution in [0.2, 0.25) is 5.02 Å². The van der Waals surface area contributed by atoms with Crippen molar-refractivity contribution >= 4 is 46.0 Å². The van der Waals surface area contributed by atoms with E-state index >= 15 is 0 Å². The fraction of sp³-hybridized carbons (Fsp3) is 0.143. The molecule has 2 aromatic carbocycles. The Morgan fingerprint density at radius 1 is 1.23 bits per heavy atom. The predicted molar refractivity (Wildman–Crippen MR) is 111 cm³/mol. The highest BCUT2D eigenvalue weighted by Crippen LogP contribution is 2.22. The summed E-state index contributed by atoms with van der Waals surface area (Å²) in [5, 5.41) is 15.3. The molecule has 2 heterocycles. The number of urea groups is 1. The number of benzene rings is 2. The van der Waals surface area contributed by atoms with E-state index in [1.165, 1.54) is 18.2 Å². The Balaban J connectivity index is 1.42. The monoisotopic (exact) mass is 421 g/mol. The normalized spacial score (nSPS) is 15.9. The lowest BCUT2D eigenvalue weighted by molar-refractivity contribution is -0.130. The Kier molecular flexibility index (Phi) is 5.12. The van der Waals surface area contributed by atoms with E-state index in [1.807, 2.05) is 36.5 Å². The molecule has 0 saturated carbocycles. The zero-order valence-corrected chi connectivity index (χ0v) is 16.4. The number of carbonyl (C=O) groups excluding carboxylic acids is 3. The van der Waals surface area contributed by atoms with Crippen molar-refractivity contribution in [2.75, 3.05) is 11.9 Å². The van der Waals surface area contributed by atoms with E-state index < -0.39 is 30.4 Å². The second kappa shape index (κ2) is 7.89. The quantitative estimate of drug-likeness (QED) is 0.549. The second-order valence-electron chi connectivity index (χ2n) is 6.84. The SMILES string of the molecule is N#Cc1ccc(NC(=O)CN2C(=O)NC(Cc3c[nH]c4ccccc34)C2=O)cc1Cl. The molecule has 8 nitrogen and oxygen atoms in total. The molecule has 1 saturated heterocycles. The van der Waals surface area contributed by atoms with Gasteiger partial charge in [0, 0.05) is 29.2 Å². The van der Waals surface area contributed by atoms with Crippen LogP contribution in [-0.4, -0.2) is 40.3 Å². The zero-order chi connectivity index (χ0) is 21.3. The van der Waals surface area contributed by atoms with Crippen LogP contribution < -0.4 is 10.6 Å². The minimum Gasteiger partial charge on any atom is -0.361 e. The number of nitrogens with zero attached hydrogens (tertiary/aromatic N) is 2. The first kappa shape index (κ1) is 19.5. The lowest BCUT2D eigenvalue weighted by Gasteiger charge is -2.13. The van der Waals surface area contributed by atoms with Gasteiger partial charge in [-0.3, -0.25) is 14.5 Å². The molecule has 1 unspecified atom stereocenters. The molecule has 3 N–H and O–H groups in total. The molecule has 1 aromatic heterocycles. The number of anilines is 1. The van der Waals surface area contributed by atoms with Crippen LogP contribution in [0.1, 0.15) is 11.1 Å². The van der Waals surface area contributed by atoms with Gasteiger partial charge in [0.05, 0.1) is 10.6 Å². The number of para-hydroxylation sites is 1. The Bertz CT molecular complexity index is 1210. The third-order valence-corrected chi connectivity index (χ3v) is 5.19. The first-order valence-corrected chi connectivity index (χ1v) is 9.50. The summed E-state index contributed by atoms with van der Waals surface area (Å²) in [5.41, 5.74) is 2.50. The van der Waals surface area contributed by atoms with Crippen molar-refractivity contribution in [2.45, 2.75) is 12.5 Å². The van der Waals surface area contributed by atoms with E-state index in [0.29, 0.717) is 12.1 Å². The van der Waals surface area contributed by atoms with Crippen LogP contribution in [0.25, 0.3) is 10.9 Å². The number of aromatic nitrogens is 1. The Morgan fingerprint density at radius 2 is 2.03 bits per heavy atom. The van der Waals surface area contributed by atoms with Crippen LogP contribution in [-0.2, 0) is 16.0 Å². The number of nitrogens with one attached hydrogen (secondary N) is 3. The number of halogens is 1. The molecule has 0 radical (unpaired) electrons. The van der Waals surface area contributed by atoms with E-state index in [9.17, 15) is 14.4 Å². The highest BCUT2D eigenvalue weighted by Gasteiger charge is 2.39. The van der Waals surface area contributed by atoms with Crippen LogP contribution in [0.3, 0.4) is 0 Å². The maximum absolute atomic E-state index is 12.7. The lowest BCUT2D eigenvalue weighted by atomic mass is 10.1. The van der Waals surface area contributed by atoms with Gasteiger partial charge in [0.15, 0.2) is 0 Å². The number of imide groups is 1. The molecule has 0 aliphatic carbocycles. The van der Waals surface area contributed by atoms with Crippen LogP contribution >= 0.6 is 11.6 Å². The van der Waals surface area contributed by atoms with Gasteiger partial charge in [-0.2, -0.15) is 5.26 Å². The molecule has 0 bridgehead atoms. The van der Waals surface area contributed by atoms with Gasteiger partial charge in [0.2, 0.25) is 5.91 Å². The van der Waals surface area contributed by atoms with Gasteiger partial charge in [-0.1, -0.05) is 29.8 Å². The predicted octanol–water partition coefficient (Wildman–Crippen LogP) is 2.79. The second-order valence-corrected chi connectivity index (χ2v) is 7.25. The Morgan fingerprint density at radius 3 is 2.80 bits per heavy atom. The molecule has 1 aliphatic rings. The standard InChI is InChI=1S/C21H16ClN5O3/c22-16-8-14(6-5-12(16)9-23)25-19(28)11-27-20(29)18(26-21(27)30)7-13-10-24-17-4-2-1-3-15(13)17/h1-6,8,10,18,24H,7,11H2,(H,25,28)(H,26,30). The molecule has 4 rings (SSSR count). The first-order chi connectivity index (χ1) is 14.5. The zero-order valence-electron chi connectivity index (χ0n) is 15.6. The van der Waals surface area contributed by atoms with Crippen molar-refractivity contribution in [3.63, 3.8) is 0 Å². The summed E-state index contributed by atoms with van der Waals surface area (Å²) in [4.78, 5) is 41.3. The van der Waals surface area contributed by atoms with Crippen molar-refractivity contribution in [3.05, 3.63) is 64.8 Å². The van der Waals surface area contributed by atoms with E-state index in [4.69, 9.17) is 16.9 Å². The van der Waals surface area contributed by atoms with E-state index in [2.05, 4.69) is 15.6 Å². The summed E-state index contributed by atoms with van der Waals surface area (Å²) in [6, 6.07) is 12.7. The number of H-pyrrole nitrogens is 1. The van der Waals surface area contributed by atoms with E-state index in [1.54, 1.807) is 0 Å². The molecular weight excluding hydrogens is 406 g/mol. The smallest absolute Gasteiger partial charge is 0.325 e. The third kappa shape index (κ3) is 3.71. The number of aromatic amines is 1. The third-order valence-electron chi connectivity index (χ3n) is 4.88. The van der Waals surface area contributed by atoms with Crippen molar-refractivity contribution in [1.82, 2.24) is 15.2 Å². The lowest BCUT2D eigenvalue weighted by Crippen LogP contribution is -2.38. The van der Waals surface area contributed by atoms with E-state index in [0.717, 1.165) is 21.4 Å². The van der Waals surface area contributed by atoms with Crippen molar-refractivity contribution in [3.8, 4) is 6.07 Å². The molecule has 0 spiro atoms. The number of hydrogen-bond acceptors (Lipinski definition) is 4. The van der Waals surface area contributed by atoms with Gasteiger partial charge in [-0.05, 0) is 29.8 Å². The van der Waals surface area contributed by atoms with Crippen molar-refractivity contribution in [1.29, 1.82) is 5.26 Å². The number of carbonyl (C=O) groups is 3. The number of fused-ring (bicyclic) bond motifs is 1. The Hall–Kier alpha value is -3.83. The molecule has 1 atom stereocenters. The minimum absolute atomic E-state index is 0.198. The fourth-order valence-corrected chi connectivity index (χ4v) is 3.64. The average Bonchev–Trinajstić information content (AvgIpc) is 3.25. The molecule has 9 heteroatoms. The summed E-state index contributed by atoms with van der Waals surface area (Å²) in [6.45, 7) is -0.424. The fourth-order valence-electron chi connectivity index (χ4n) is 3.41. The Labute approximate surface area is 176 Å². The number of rotatable bonds is 5. The molecule has 1 fully saturated rings. The molecule has 4 amide bonds. The summed E-state index contributed by atoms with van der Waals surface area (Å²) in [5.74, 6) is -1.01. The maximum Gasteiger partial charge on any atom is 0.325 e. The molecule has 150 valence electrons. The largest absolute Gasteiger partial charge is 0.361 e. The van der Waals surface area contributed by atoms with Crippen LogP contribution in [0.4, 0.5) is 10.5 Å². The average molecular weight is 422 g/mol. The maximum atomic E-state index is 12.7. The molecule has 3 aromatic rings. The van der Waals surface area contributed by atoms with Gasteiger partial charge < -0.3 is 15.6 Å². The van der Waals surface area contributed by atoms with Crippen LogP contribution in [0.15, 0.2) is 48.7 Å². The number of amides is 4. The molecular formula is C21H16ClN5O3. The number of nitriles is 1. The highest BCUT2D eigenvalue weighted by atomic mass is 35.5. The summed E-state index contributed by atoms with van der Waals surface area (Å²) in [7, 11) is 0. The van der Waals surface area contributed by atoms with Gasteiger partial charge in [0.1, 0.15) is 18.7 Å².